The van der Waals surface area contributed by atoms with Crippen LogP contribution in [0.15, 0.2) is 42.7 Å². The number of rotatable bonds is 3. The van der Waals surface area contributed by atoms with Crippen molar-refractivity contribution < 1.29 is 0 Å². The van der Waals surface area contributed by atoms with Crippen LogP contribution >= 0.6 is 12.4 Å². The first-order valence-electron chi connectivity index (χ1n) is 9.42. The minimum Gasteiger partial charge on any atom is -0.361 e. The normalized spacial score (nSPS) is 17.1. The number of aromatic amines is 1. The van der Waals surface area contributed by atoms with Crippen molar-refractivity contribution in [2.75, 3.05) is 11.4 Å². The number of aromatic nitrogens is 2. The molecule has 2 aromatic heterocycles. The Morgan fingerprint density at radius 1 is 1.12 bits per heavy atom. The first-order chi connectivity index (χ1) is 12.1. The largest absolute Gasteiger partial charge is 0.361 e. The van der Waals surface area contributed by atoms with Crippen LogP contribution in [0, 0.1) is 5.92 Å². The Morgan fingerprint density at radius 3 is 2.77 bits per heavy atom. The first kappa shape index (κ1) is 17.4. The number of anilines is 1. The second-order valence-corrected chi connectivity index (χ2v) is 8.22. The van der Waals surface area contributed by atoms with Gasteiger partial charge in [-0.05, 0) is 59.4 Å². The van der Waals surface area contributed by atoms with E-state index >= 15 is 0 Å². The van der Waals surface area contributed by atoms with Gasteiger partial charge in [-0.1, -0.05) is 32.0 Å². The highest BCUT2D eigenvalue weighted by atomic mass is 35.5. The highest BCUT2D eigenvalue weighted by Gasteiger charge is 2.39. The van der Waals surface area contributed by atoms with Gasteiger partial charge in [-0.3, -0.25) is 0 Å². The molecule has 3 aromatic rings. The Kier molecular flexibility index (Phi) is 4.23. The van der Waals surface area contributed by atoms with Crippen LogP contribution in [0.5, 0.6) is 0 Å². The lowest BCUT2D eigenvalue weighted by Crippen LogP contribution is -2.31. The summed E-state index contributed by atoms with van der Waals surface area (Å²) >= 11 is 0. The van der Waals surface area contributed by atoms with Gasteiger partial charge in [0, 0.05) is 30.9 Å². The molecule has 26 heavy (non-hydrogen) atoms. The maximum atomic E-state index is 4.67. The predicted octanol–water partition coefficient (Wildman–Crippen LogP) is 5.24. The van der Waals surface area contributed by atoms with E-state index in [0.29, 0.717) is 5.41 Å². The number of benzene rings is 1. The van der Waals surface area contributed by atoms with Crippen LogP contribution in [0.2, 0.25) is 0 Å². The lowest BCUT2D eigenvalue weighted by Gasteiger charge is -2.32. The molecule has 3 nitrogen and oxygen atoms in total. The van der Waals surface area contributed by atoms with Gasteiger partial charge in [0.05, 0.1) is 5.52 Å². The van der Waals surface area contributed by atoms with Gasteiger partial charge < -0.3 is 9.88 Å². The molecule has 1 N–H and O–H groups in total. The van der Waals surface area contributed by atoms with E-state index in [0.717, 1.165) is 36.8 Å². The van der Waals surface area contributed by atoms with Crippen molar-refractivity contribution in [3.8, 4) is 0 Å². The Bertz CT molecular complexity index is 939. The molecule has 1 aliphatic carbocycles. The molecule has 0 radical (unpaired) electrons. The maximum Gasteiger partial charge on any atom is 0.138 e. The number of nitrogens with one attached hydrogen (secondary N) is 1. The summed E-state index contributed by atoms with van der Waals surface area (Å²) in [5.74, 6) is 1.98. The molecule has 0 unspecified atom stereocenters. The Morgan fingerprint density at radius 2 is 1.96 bits per heavy atom. The van der Waals surface area contributed by atoms with Gasteiger partial charge in [0.15, 0.2) is 0 Å². The van der Waals surface area contributed by atoms with Crippen molar-refractivity contribution >= 4 is 29.1 Å². The number of pyridine rings is 1. The standard InChI is InChI=1S/C22H25N3.ClH/c1-22(2,17-5-6-17)18-4-3-16-14-25(12-9-15(16)13-18)21-19-7-10-23-20(19)8-11-24-21;/h3-4,7-8,10-11,13,17,23H,5-6,9,12,14H2,1-2H3;1H. The van der Waals surface area contributed by atoms with Crippen molar-refractivity contribution in [3.05, 3.63) is 59.4 Å². The molecule has 3 heterocycles. The molecule has 0 spiro atoms. The van der Waals surface area contributed by atoms with Crippen molar-refractivity contribution in [1.82, 2.24) is 9.97 Å². The van der Waals surface area contributed by atoms with Crippen LogP contribution in [0.3, 0.4) is 0 Å². The van der Waals surface area contributed by atoms with E-state index in [9.17, 15) is 0 Å². The number of nitrogens with zero attached hydrogens (tertiary/aromatic N) is 2. The molecule has 136 valence electrons. The van der Waals surface area contributed by atoms with E-state index in [1.54, 1.807) is 0 Å². The van der Waals surface area contributed by atoms with Crippen molar-refractivity contribution in [2.45, 2.75) is 45.1 Å². The van der Waals surface area contributed by atoms with E-state index in [4.69, 9.17) is 0 Å². The summed E-state index contributed by atoms with van der Waals surface area (Å²) < 4.78 is 0. The van der Waals surface area contributed by atoms with E-state index in [1.807, 2.05) is 18.5 Å². The van der Waals surface area contributed by atoms with E-state index < -0.39 is 0 Å². The summed E-state index contributed by atoms with van der Waals surface area (Å²) in [6, 6.07) is 11.4. The Hall–Kier alpha value is -2.00. The maximum absolute atomic E-state index is 4.67. The zero-order chi connectivity index (χ0) is 17.0. The van der Waals surface area contributed by atoms with Gasteiger partial charge in [0.25, 0.3) is 0 Å². The van der Waals surface area contributed by atoms with Crippen LogP contribution in [0.25, 0.3) is 10.9 Å². The average Bonchev–Trinajstić information content (AvgIpc) is 3.39. The smallest absolute Gasteiger partial charge is 0.138 e. The molecule has 1 aromatic carbocycles. The van der Waals surface area contributed by atoms with E-state index in [2.05, 4.69) is 53.0 Å². The third-order valence-electron chi connectivity index (χ3n) is 6.32. The second-order valence-electron chi connectivity index (χ2n) is 8.22. The van der Waals surface area contributed by atoms with Crippen LogP contribution in [0.4, 0.5) is 5.82 Å². The molecule has 0 bridgehead atoms. The fraction of sp³-hybridized carbons (Fsp3) is 0.409. The Labute approximate surface area is 161 Å². The van der Waals surface area contributed by atoms with Crippen molar-refractivity contribution in [2.24, 2.45) is 5.92 Å². The Balaban J connectivity index is 0.00000168. The molecule has 2 aliphatic rings. The fourth-order valence-corrected chi connectivity index (χ4v) is 4.39. The van der Waals surface area contributed by atoms with Crippen LogP contribution in [-0.4, -0.2) is 16.5 Å². The first-order valence-corrected chi connectivity index (χ1v) is 9.42. The van der Waals surface area contributed by atoms with Gasteiger partial charge in [-0.15, -0.1) is 12.4 Å². The minimum atomic E-state index is 0. The summed E-state index contributed by atoms with van der Waals surface area (Å²) in [7, 11) is 0. The second kappa shape index (κ2) is 6.31. The average molecular weight is 368 g/mol. The van der Waals surface area contributed by atoms with Crippen molar-refractivity contribution in [1.29, 1.82) is 0 Å². The molecule has 4 heteroatoms. The number of fused-ring (bicyclic) bond motifs is 2. The summed E-state index contributed by atoms with van der Waals surface area (Å²) in [5.41, 5.74) is 6.00. The summed E-state index contributed by atoms with van der Waals surface area (Å²) in [4.78, 5) is 10.4. The molecule has 1 saturated carbocycles. The summed E-state index contributed by atoms with van der Waals surface area (Å²) in [6.45, 7) is 6.82. The van der Waals surface area contributed by atoms with Gasteiger partial charge >= 0.3 is 0 Å². The minimum absolute atomic E-state index is 0. The predicted molar refractivity (Wildman–Crippen MR) is 110 cm³/mol. The third-order valence-corrected chi connectivity index (χ3v) is 6.32. The number of halogens is 1. The molecular formula is C22H26ClN3. The van der Waals surface area contributed by atoms with Gasteiger partial charge in [0.1, 0.15) is 5.82 Å². The monoisotopic (exact) mass is 367 g/mol. The third kappa shape index (κ3) is 2.79. The van der Waals surface area contributed by atoms with Crippen molar-refractivity contribution in [3.63, 3.8) is 0 Å². The summed E-state index contributed by atoms with van der Waals surface area (Å²) in [5, 5.41) is 1.22. The van der Waals surface area contributed by atoms with E-state index in [1.165, 1.54) is 34.9 Å². The van der Waals surface area contributed by atoms with Crippen LogP contribution < -0.4 is 4.90 Å². The number of hydrogen-bond donors (Lipinski definition) is 1. The summed E-state index contributed by atoms with van der Waals surface area (Å²) in [6.07, 6.45) is 7.80. The molecule has 1 fully saturated rings. The number of H-pyrrole nitrogens is 1. The molecule has 0 saturated heterocycles. The zero-order valence-electron chi connectivity index (χ0n) is 15.5. The lowest BCUT2D eigenvalue weighted by atomic mass is 9.78. The number of hydrogen-bond acceptors (Lipinski definition) is 2. The zero-order valence-corrected chi connectivity index (χ0v) is 16.3. The molecule has 5 rings (SSSR count). The molecular weight excluding hydrogens is 342 g/mol. The fourth-order valence-electron chi connectivity index (χ4n) is 4.39. The van der Waals surface area contributed by atoms with Gasteiger partial charge in [0.2, 0.25) is 0 Å². The molecule has 1 aliphatic heterocycles. The molecule has 0 atom stereocenters. The SMILES string of the molecule is CC(C)(c1ccc2c(c1)CCN(c1nccc3[nH]ccc13)C2)C1CC1.Cl. The quantitative estimate of drug-likeness (QED) is 0.686. The van der Waals surface area contributed by atoms with Crippen LogP contribution in [0.1, 0.15) is 43.4 Å². The molecule has 0 amide bonds. The van der Waals surface area contributed by atoms with Crippen LogP contribution in [-0.2, 0) is 18.4 Å². The lowest BCUT2D eigenvalue weighted by molar-refractivity contribution is 0.453. The highest BCUT2D eigenvalue weighted by Crippen LogP contribution is 2.47. The highest BCUT2D eigenvalue weighted by molar-refractivity contribution is 5.90. The topological polar surface area (TPSA) is 31.9 Å². The van der Waals surface area contributed by atoms with Gasteiger partial charge in [-0.25, -0.2) is 4.98 Å². The van der Waals surface area contributed by atoms with E-state index in [-0.39, 0.29) is 12.4 Å². The van der Waals surface area contributed by atoms with Gasteiger partial charge in [-0.2, -0.15) is 0 Å².